The lowest BCUT2D eigenvalue weighted by molar-refractivity contribution is 0.0696. The van der Waals surface area contributed by atoms with Crippen molar-refractivity contribution in [3.63, 3.8) is 0 Å². The van der Waals surface area contributed by atoms with E-state index in [0.29, 0.717) is 22.6 Å². The average Bonchev–Trinajstić information content (AvgIpc) is 2.79. The zero-order valence-corrected chi connectivity index (χ0v) is 16.8. The van der Waals surface area contributed by atoms with Gasteiger partial charge in [0.15, 0.2) is 0 Å². The van der Waals surface area contributed by atoms with Crippen LogP contribution in [0.3, 0.4) is 0 Å². The van der Waals surface area contributed by atoms with E-state index in [1.807, 2.05) is 0 Å². The number of amides is 2. The number of carboxylic acid groups (broad SMARTS) is 1. The number of hydrogen-bond acceptors (Lipinski definition) is 5. The molecule has 31 heavy (non-hydrogen) atoms. The van der Waals surface area contributed by atoms with Crippen LogP contribution in [0.1, 0.15) is 31.1 Å². The minimum atomic E-state index is -1.16. The predicted molar refractivity (Wildman–Crippen MR) is 115 cm³/mol. The van der Waals surface area contributed by atoms with Crippen molar-refractivity contribution in [3.8, 4) is 11.5 Å². The molecule has 0 aliphatic carbocycles. The Kier molecular flexibility index (Phi) is 6.51. The van der Waals surface area contributed by atoms with Gasteiger partial charge in [-0.05, 0) is 54.6 Å². The van der Waals surface area contributed by atoms with Crippen LogP contribution < -0.4 is 20.1 Å². The monoisotopic (exact) mass is 420 g/mol. The largest absolute Gasteiger partial charge is 0.497 e. The molecule has 0 aromatic heterocycles. The van der Waals surface area contributed by atoms with E-state index in [1.54, 1.807) is 48.5 Å². The SMILES string of the molecule is COc1cccc(C(=O)Nc2ccc(C(=O)O)cc2NC(=O)c2cccc(OC)c2)c1. The zero-order valence-electron chi connectivity index (χ0n) is 16.8. The molecule has 3 rings (SSSR count). The molecule has 3 N–H and O–H groups in total. The summed E-state index contributed by atoms with van der Waals surface area (Å²) in [6, 6.07) is 17.1. The highest BCUT2D eigenvalue weighted by atomic mass is 16.5. The maximum atomic E-state index is 12.7. The molecule has 0 atom stereocenters. The number of carbonyl (C=O) groups is 3. The first kappa shape index (κ1) is 21.4. The van der Waals surface area contributed by atoms with E-state index in [-0.39, 0.29) is 16.9 Å². The van der Waals surface area contributed by atoms with Gasteiger partial charge in [0.25, 0.3) is 11.8 Å². The molecule has 0 spiro atoms. The number of rotatable bonds is 7. The molecule has 3 aromatic rings. The van der Waals surface area contributed by atoms with E-state index in [1.165, 1.54) is 32.4 Å². The van der Waals surface area contributed by atoms with Crippen LogP contribution in [-0.4, -0.2) is 37.1 Å². The molecule has 2 amide bonds. The fourth-order valence-electron chi connectivity index (χ4n) is 2.81. The Bertz CT molecular complexity index is 1140. The molecule has 0 bridgehead atoms. The molecule has 0 saturated heterocycles. The topological polar surface area (TPSA) is 114 Å². The van der Waals surface area contributed by atoms with Crippen molar-refractivity contribution in [2.45, 2.75) is 0 Å². The van der Waals surface area contributed by atoms with Crippen molar-refractivity contribution in [3.05, 3.63) is 83.4 Å². The minimum absolute atomic E-state index is 0.0414. The molecule has 0 aliphatic heterocycles. The van der Waals surface area contributed by atoms with Crippen molar-refractivity contribution < 1.29 is 29.0 Å². The average molecular weight is 420 g/mol. The van der Waals surface area contributed by atoms with E-state index >= 15 is 0 Å². The molecule has 8 heteroatoms. The zero-order chi connectivity index (χ0) is 22.4. The summed E-state index contributed by atoms with van der Waals surface area (Å²) in [4.78, 5) is 36.8. The Morgan fingerprint density at radius 1 is 0.677 bits per heavy atom. The van der Waals surface area contributed by atoms with Crippen molar-refractivity contribution in [1.82, 2.24) is 0 Å². The summed E-state index contributed by atoms with van der Waals surface area (Å²) in [6.07, 6.45) is 0. The molecule has 3 aromatic carbocycles. The predicted octanol–water partition coefficient (Wildman–Crippen LogP) is 3.91. The molecule has 8 nitrogen and oxygen atoms in total. The van der Waals surface area contributed by atoms with Crippen LogP contribution in [0.15, 0.2) is 66.7 Å². The number of nitrogens with one attached hydrogen (secondary N) is 2. The molecule has 0 radical (unpaired) electrons. The van der Waals surface area contributed by atoms with E-state index in [9.17, 15) is 19.5 Å². The molecule has 0 aliphatic rings. The van der Waals surface area contributed by atoms with Crippen molar-refractivity contribution in [2.75, 3.05) is 24.9 Å². The van der Waals surface area contributed by atoms with Gasteiger partial charge in [-0.15, -0.1) is 0 Å². The lowest BCUT2D eigenvalue weighted by Crippen LogP contribution is -2.17. The quantitative estimate of drug-likeness (QED) is 0.534. The Labute approximate surface area is 178 Å². The third-order valence-electron chi connectivity index (χ3n) is 4.43. The first-order valence-electron chi connectivity index (χ1n) is 9.19. The maximum Gasteiger partial charge on any atom is 0.335 e. The smallest absolute Gasteiger partial charge is 0.335 e. The van der Waals surface area contributed by atoms with Crippen LogP contribution in [0.4, 0.5) is 11.4 Å². The van der Waals surface area contributed by atoms with Crippen LogP contribution >= 0.6 is 0 Å². The number of ether oxygens (including phenoxy) is 2. The van der Waals surface area contributed by atoms with E-state index in [4.69, 9.17) is 9.47 Å². The van der Waals surface area contributed by atoms with Crippen LogP contribution in [0.25, 0.3) is 0 Å². The molecule has 0 saturated carbocycles. The number of anilines is 2. The van der Waals surface area contributed by atoms with Gasteiger partial charge in [-0.3, -0.25) is 9.59 Å². The summed E-state index contributed by atoms with van der Waals surface area (Å²) in [7, 11) is 2.98. The van der Waals surface area contributed by atoms with Crippen LogP contribution in [0, 0.1) is 0 Å². The number of benzene rings is 3. The summed E-state index contributed by atoms with van der Waals surface area (Å²) < 4.78 is 10.3. The highest BCUT2D eigenvalue weighted by Crippen LogP contribution is 2.26. The van der Waals surface area contributed by atoms with Gasteiger partial charge in [0.05, 0.1) is 31.2 Å². The van der Waals surface area contributed by atoms with Gasteiger partial charge < -0.3 is 25.2 Å². The van der Waals surface area contributed by atoms with Gasteiger partial charge in [-0.25, -0.2) is 4.79 Å². The Balaban J connectivity index is 1.90. The second kappa shape index (κ2) is 9.45. The van der Waals surface area contributed by atoms with Gasteiger partial charge in [0.2, 0.25) is 0 Å². The second-order valence-corrected chi connectivity index (χ2v) is 6.44. The Morgan fingerprint density at radius 2 is 1.19 bits per heavy atom. The fourth-order valence-corrected chi connectivity index (χ4v) is 2.81. The van der Waals surface area contributed by atoms with Crippen molar-refractivity contribution in [1.29, 1.82) is 0 Å². The molecular weight excluding hydrogens is 400 g/mol. The number of hydrogen-bond donors (Lipinski definition) is 3. The normalized spacial score (nSPS) is 10.1. The third kappa shape index (κ3) is 5.18. The van der Waals surface area contributed by atoms with Gasteiger partial charge in [-0.2, -0.15) is 0 Å². The fraction of sp³-hybridized carbons (Fsp3) is 0.0870. The summed E-state index contributed by atoms with van der Waals surface area (Å²) in [6.45, 7) is 0. The lowest BCUT2D eigenvalue weighted by atomic mass is 10.1. The van der Waals surface area contributed by atoms with Gasteiger partial charge in [-0.1, -0.05) is 12.1 Å². The number of carboxylic acids is 1. The second-order valence-electron chi connectivity index (χ2n) is 6.44. The highest BCUT2D eigenvalue weighted by Gasteiger charge is 2.16. The first-order chi connectivity index (χ1) is 14.9. The molecular formula is C23H20N2O6. The molecule has 0 heterocycles. The lowest BCUT2D eigenvalue weighted by Gasteiger charge is -2.14. The Hall–Kier alpha value is -4.33. The summed E-state index contributed by atoms with van der Waals surface area (Å²) in [5.74, 6) is -1.08. The first-order valence-corrected chi connectivity index (χ1v) is 9.19. The van der Waals surface area contributed by atoms with E-state index < -0.39 is 17.8 Å². The Morgan fingerprint density at radius 3 is 1.68 bits per heavy atom. The van der Waals surface area contributed by atoms with Crippen molar-refractivity contribution >= 4 is 29.2 Å². The van der Waals surface area contributed by atoms with Gasteiger partial charge in [0.1, 0.15) is 11.5 Å². The molecule has 0 unspecified atom stereocenters. The van der Waals surface area contributed by atoms with Crippen LogP contribution in [-0.2, 0) is 0 Å². The standard InChI is InChI=1S/C23H20N2O6/c1-30-17-7-3-5-14(11-17)21(26)24-19-10-9-16(23(28)29)13-20(19)25-22(27)15-6-4-8-18(12-15)31-2/h3-13H,1-2H3,(H,24,26)(H,25,27)(H,28,29). The number of aromatic carboxylic acids is 1. The number of carbonyl (C=O) groups excluding carboxylic acids is 2. The van der Waals surface area contributed by atoms with Gasteiger partial charge in [0, 0.05) is 11.1 Å². The van der Waals surface area contributed by atoms with E-state index in [0.717, 1.165) is 0 Å². The van der Waals surface area contributed by atoms with Crippen LogP contribution in [0.2, 0.25) is 0 Å². The highest BCUT2D eigenvalue weighted by molar-refractivity contribution is 6.10. The summed E-state index contributed by atoms with van der Waals surface area (Å²) in [5.41, 5.74) is 0.996. The summed E-state index contributed by atoms with van der Waals surface area (Å²) in [5, 5.41) is 14.7. The third-order valence-corrected chi connectivity index (χ3v) is 4.43. The summed E-state index contributed by atoms with van der Waals surface area (Å²) >= 11 is 0. The van der Waals surface area contributed by atoms with E-state index in [2.05, 4.69) is 10.6 Å². The minimum Gasteiger partial charge on any atom is -0.497 e. The van der Waals surface area contributed by atoms with Crippen molar-refractivity contribution in [2.24, 2.45) is 0 Å². The van der Waals surface area contributed by atoms with Gasteiger partial charge >= 0.3 is 5.97 Å². The maximum absolute atomic E-state index is 12.7. The van der Waals surface area contributed by atoms with Crippen LogP contribution in [0.5, 0.6) is 11.5 Å². The molecule has 158 valence electrons. The molecule has 0 fully saturated rings. The number of methoxy groups -OCH3 is 2.